The molecule has 1 unspecified atom stereocenters. The highest BCUT2D eigenvalue weighted by Gasteiger charge is 2.33. The van der Waals surface area contributed by atoms with Gasteiger partial charge in [0.1, 0.15) is 18.3 Å². The molecule has 2 amide bonds. The maximum Gasteiger partial charge on any atom is 0.244 e. The highest BCUT2D eigenvalue weighted by Crippen LogP contribution is 2.26. The lowest BCUT2D eigenvalue weighted by atomic mass is 10.0. The fourth-order valence-electron chi connectivity index (χ4n) is 4.13. The lowest BCUT2D eigenvalue weighted by molar-refractivity contribution is -0.140. The van der Waals surface area contributed by atoms with Crippen LogP contribution in [0.25, 0.3) is 0 Å². The van der Waals surface area contributed by atoms with E-state index < -0.39 is 28.5 Å². The summed E-state index contributed by atoms with van der Waals surface area (Å²) in [6.07, 6.45) is 1.23. The molecule has 3 rings (SSSR count). The van der Waals surface area contributed by atoms with E-state index in [9.17, 15) is 18.0 Å². The van der Waals surface area contributed by atoms with Gasteiger partial charge in [0.25, 0.3) is 0 Å². The van der Waals surface area contributed by atoms with Crippen LogP contribution in [0.5, 0.6) is 5.75 Å². The Morgan fingerprint density at radius 1 is 0.975 bits per heavy atom. The van der Waals surface area contributed by atoms with Gasteiger partial charge in [-0.1, -0.05) is 59.6 Å². The smallest absolute Gasteiger partial charge is 0.244 e. The second kappa shape index (κ2) is 13.9. The normalized spacial score (nSPS) is 12.1. The molecule has 3 aromatic carbocycles. The topological polar surface area (TPSA) is 96.0 Å². The third-order valence-corrected chi connectivity index (χ3v) is 7.82. The zero-order chi connectivity index (χ0) is 29.4. The molecule has 1 N–H and O–H groups in total. The van der Waals surface area contributed by atoms with E-state index in [1.54, 1.807) is 42.5 Å². The average Bonchev–Trinajstić information content (AvgIpc) is 2.90. The summed E-state index contributed by atoms with van der Waals surface area (Å²) in [5.74, 6) is -0.407. The molecule has 0 bridgehead atoms. The summed E-state index contributed by atoms with van der Waals surface area (Å²) >= 11 is 12.6. The molecule has 0 saturated heterocycles. The monoisotopic (exact) mass is 605 g/mol. The molecule has 0 aliphatic carbocycles. The summed E-state index contributed by atoms with van der Waals surface area (Å²) in [4.78, 5) is 29.0. The molecule has 0 aliphatic heterocycles. The van der Waals surface area contributed by atoms with Crippen molar-refractivity contribution in [1.82, 2.24) is 10.2 Å². The lowest BCUT2D eigenvalue weighted by Gasteiger charge is -2.34. The van der Waals surface area contributed by atoms with Crippen molar-refractivity contribution in [3.8, 4) is 5.75 Å². The molecule has 11 heteroatoms. The van der Waals surface area contributed by atoms with Crippen molar-refractivity contribution in [2.75, 3.05) is 24.2 Å². The van der Waals surface area contributed by atoms with Gasteiger partial charge in [-0.25, -0.2) is 8.42 Å². The van der Waals surface area contributed by atoms with Crippen LogP contribution in [0, 0.1) is 0 Å². The molecular weight excluding hydrogens is 573 g/mol. The van der Waals surface area contributed by atoms with E-state index in [-0.39, 0.29) is 30.6 Å². The number of benzene rings is 3. The van der Waals surface area contributed by atoms with Gasteiger partial charge in [-0.2, -0.15) is 0 Å². The van der Waals surface area contributed by atoms with Crippen LogP contribution in [0.15, 0.2) is 72.8 Å². The lowest BCUT2D eigenvalue weighted by Crippen LogP contribution is -2.54. The van der Waals surface area contributed by atoms with Crippen LogP contribution in [0.4, 0.5) is 5.69 Å². The summed E-state index contributed by atoms with van der Waals surface area (Å²) in [5, 5.41) is 3.65. The van der Waals surface area contributed by atoms with Crippen molar-refractivity contribution in [3.63, 3.8) is 0 Å². The summed E-state index contributed by atoms with van der Waals surface area (Å²) in [6.45, 7) is 3.08. The average molecular weight is 607 g/mol. The predicted molar refractivity (Wildman–Crippen MR) is 159 cm³/mol. The fourth-order valence-corrected chi connectivity index (χ4v) is 5.45. The number of nitrogens with one attached hydrogen (secondary N) is 1. The molecule has 0 radical (unpaired) electrons. The first-order valence-electron chi connectivity index (χ1n) is 12.6. The molecule has 40 heavy (non-hydrogen) atoms. The number of rotatable bonds is 12. The van der Waals surface area contributed by atoms with Gasteiger partial charge in [-0.15, -0.1) is 0 Å². The van der Waals surface area contributed by atoms with Gasteiger partial charge in [-0.05, 0) is 61.4 Å². The van der Waals surface area contributed by atoms with E-state index in [1.807, 2.05) is 44.2 Å². The fraction of sp³-hybridized carbons (Fsp3) is 0.310. The Kier molecular flexibility index (Phi) is 10.8. The van der Waals surface area contributed by atoms with Crippen molar-refractivity contribution in [2.24, 2.45) is 0 Å². The van der Waals surface area contributed by atoms with Crippen LogP contribution in [0.1, 0.15) is 25.0 Å². The minimum absolute atomic E-state index is 0.0436. The Morgan fingerprint density at radius 3 is 2.17 bits per heavy atom. The van der Waals surface area contributed by atoms with Crippen LogP contribution in [-0.2, 0) is 32.6 Å². The highest BCUT2D eigenvalue weighted by atomic mass is 35.5. The summed E-state index contributed by atoms with van der Waals surface area (Å²) in [7, 11) is -2.37. The van der Waals surface area contributed by atoms with E-state index in [0.717, 1.165) is 16.1 Å². The molecule has 3 aromatic rings. The Labute approximate surface area is 245 Å². The van der Waals surface area contributed by atoms with E-state index >= 15 is 0 Å². The molecule has 0 fully saturated rings. The first kappa shape index (κ1) is 31.3. The number of carbonyl (C=O) groups excluding carboxylic acids is 2. The van der Waals surface area contributed by atoms with Crippen LogP contribution in [0.3, 0.4) is 0 Å². The van der Waals surface area contributed by atoms with Crippen LogP contribution in [0.2, 0.25) is 10.0 Å². The van der Waals surface area contributed by atoms with Crippen LogP contribution in [-0.4, -0.2) is 57.1 Å². The number of nitrogens with zero attached hydrogens (tertiary/aromatic N) is 2. The maximum absolute atomic E-state index is 14.0. The Balaban J connectivity index is 2.07. The van der Waals surface area contributed by atoms with Crippen molar-refractivity contribution in [3.05, 3.63) is 94.0 Å². The van der Waals surface area contributed by atoms with E-state index in [2.05, 4.69) is 5.32 Å². The second-order valence-electron chi connectivity index (χ2n) is 9.59. The van der Waals surface area contributed by atoms with Crippen LogP contribution >= 0.6 is 23.2 Å². The second-order valence-corrected chi connectivity index (χ2v) is 12.3. The highest BCUT2D eigenvalue weighted by molar-refractivity contribution is 7.92. The molecule has 0 saturated carbocycles. The number of carbonyl (C=O) groups is 2. The molecular formula is C29H33Cl2N3O5S. The van der Waals surface area contributed by atoms with E-state index in [0.29, 0.717) is 21.4 Å². The first-order chi connectivity index (χ1) is 18.9. The van der Waals surface area contributed by atoms with Gasteiger partial charge < -0.3 is 15.0 Å². The van der Waals surface area contributed by atoms with Gasteiger partial charge in [0, 0.05) is 29.1 Å². The molecule has 8 nitrogen and oxygen atoms in total. The Hall–Kier alpha value is -3.27. The van der Waals surface area contributed by atoms with Gasteiger partial charge in [0.05, 0.1) is 19.1 Å². The van der Waals surface area contributed by atoms with Crippen molar-refractivity contribution in [2.45, 2.75) is 38.9 Å². The Morgan fingerprint density at radius 2 is 1.62 bits per heavy atom. The minimum atomic E-state index is -3.88. The number of anilines is 1. The molecule has 214 valence electrons. The number of amides is 2. The molecule has 0 aromatic heterocycles. The van der Waals surface area contributed by atoms with E-state index in [1.165, 1.54) is 12.0 Å². The number of methoxy groups -OCH3 is 1. The zero-order valence-corrected chi connectivity index (χ0v) is 25.1. The van der Waals surface area contributed by atoms with Gasteiger partial charge in [0.15, 0.2) is 0 Å². The van der Waals surface area contributed by atoms with E-state index in [4.69, 9.17) is 27.9 Å². The standard InChI is InChI=1S/C29H33Cl2N3O5S/c1-20(2)32-29(36)27(16-21-8-6-5-7-9-21)33(18-22-10-11-23(30)17-26(22)31)28(35)19-34(40(4,37)38)24-12-14-25(39-3)15-13-24/h5-15,17,20,27H,16,18-19H2,1-4H3,(H,32,36). The molecule has 0 spiro atoms. The van der Waals surface area contributed by atoms with Crippen molar-refractivity contribution in [1.29, 1.82) is 0 Å². The van der Waals surface area contributed by atoms with Gasteiger partial charge in [0.2, 0.25) is 21.8 Å². The van der Waals surface area contributed by atoms with Crippen molar-refractivity contribution < 1.29 is 22.7 Å². The molecule has 1 atom stereocenters. The third kappa shape index (κ3) is 8.61. The maximum atomic E-state index is 14.0. The number of hydrogen-bond acceptors (Lipinski definition) is 5. The minimum Gasteiger partial charge on any atom is -0.497 e. The third-order valence-electron chi connectivity index (χ3n) is 6.10. The van der Waals surface area contributed by atoms with Gasteiger partial charge >= 0.3 is 0 Å². The first-order valence-corrected chi connectivity index (χ1v) is 15.2. The Bertz CT molecular complexity index is 1420. The quantitative estimate of drug-likeness (QED) is 0.316. The number of halogens is 2. The predicted octanol–water partition coefficient (Wildman–Crippen LogP) is 4.93. The number of hydrogen-bond donors (Lipinski definition) is 1. The number of sulfonamides is 1. The molecule has 0 aliphatic rings. The molecule has 0 heterocycles. The summed E-state index contributed by atoms with van der Waals surface area (Å²) < 4.78 is 31.9. The summed E-state index contributed by atoms with van der Waals surface area (Å²) in [6, 6.07) is 19.4. The largest absolute Gasteiger partial charge is 0.497 e. The van der Waals surface area contributed by atoms with Crippen LogP contribution < -0.4 is 14.4 Å². The summed E-state index contributed by atoms with van der Waals surface area (Å²) in [5.41, 5.74) is 1.68. The van der Waals surface area contributed by atoms with Gasteiger partial charge in [-0.3, -0.25) is 13.9 Å². The number of ether oxygens (including phenoxy) is 1. The SMILES string of the molecule is COc1ccc(N(CC(=O)N(Cc2ccc(Cl)cc2Cl)C(Cc2ccccc2)C(=O)NC(C)C)S(C)(=O)=O)cc1. The zero-order valence-electron chi connectivity index (χ0n) is 22.8. The van der Waals surface area contributed by atoms with Crippen molar-refractivity contribution >= 4 is 50.7 Å².